The molecule has 1 aliphatic rings. The number of nitrogens with one attached hydrogen (secondary N) is 1. The molecule has 6 rings (SSSR count). The van der Waals surface area contributed by atoms with Gasteiger partial charge in [-0.1, -0.05) is 86.9 Å². The van der Waals surface area contributed by atoms with Gasteiger partial charge >= 0.3 is 0 Å². The molecule has 0 saturated carbocycles. The first-order valence-electron chi connectivity index (χ1n) is 14.8. The molecular formula is C36H27BrCl2IN3O4S. The van der Waals surface area contributed by atoms with Crippen LogP contribution in [0.5, 0.6) is 11.5 Å². The highest BCUT2D eigenvalue weighted by molar-refractivity contribution is 14.1. The standard InChI is InChI=1S/C36H27BrCl2IN3O4S/c1-3-46-27-13-10-21(11-14-27)32-31(34(44)42-26-7-5-4-6-8-26)20(2)41-36-43(32)35(45)30(48-36)16-23-15-24(37)17-29(40)33(23)47-19-22-9-12-25(38)18-28(22)39/h4-18,32H,3,19H2,1-2H3,(H,42,44)/b30-16-/t32-/m1/s1. The Kier molecular flexibility index (Phi) is 10.8. The van der Waals surface area contributed by atoms with E-state index in [9.17, 15) is 9.59 Å². The van der Waals surface area contributed by atoms with Crippen LogP contribution in [-0.4, -0.2) is 17.1 Å². The second kappa shape index (κ2) is 15.0. The minimum atomic E-state index is -0.729. The Morgan fingerprint density at radius 1 is 1.06 bits per heavy atom. The first kappa shape index (κ1) is 34.4. The van der Waals surface area contributed by atoms with E-state index in [1.165, 1.54) is 11.3 Å². The summed E-state index contributed by atoms with van der Waals surface area (Å²) >= 11 is 19.6. The lowest BCUT2D eigenvalue weighted by Gasteiger charge is -2.25. The van der Waals surface area contributed by atoms with Crippen LogP contribution in [0.3, 0.4) is 0 Å². The van der Waals surface area contributed by atoms with Crippen LogP contribution in [0.1, 0.15) is 36.6 Å². The number of anilines is 1. The molecule has 5 aromatic rings. The highest BCUT2D eigenvalue weighted by Gasteiger charge is 2.32. The number of amides is 1. The van der Waals surface area contributed by atoms with E-state index < -0.39 is 6.04 Å². The van der Waals surface area contributed by atoms with Crippen LogP contribution in [-0.2, 0) is 11.4 Å². The molecule has 0 aliphatic carbocycles. The lowest BCUT2D eigenvalue weighted by atomic mass is 9.95. The lowest BCUT2D eigenvalue weighted by Crippen LogP contribution is -2.40. The summed E-state index contributed by atoms with van der Waals surface area (Å²) in [5.41, 5.74) is 3.48. The number of thiazole rings is 1. The Morgan fingerprint density at radius 2 is 1.81 bits per heavy atom. The average Bonchev–Trinajstić information content (AvgIpc) is 3.35. The van der Waals surface area contributed by atoms with Crippen LogP contribution in [0, 0.1) is 3.57 Å². The molecule has 0 radical (unpaired) electrons. The van der Waals surface area contributed by atoms with Crippen LogP contribution in [0.4, 0.5) is 5.69 Å². The van der Waals surface area contributed by atoms with Crippen LogP contribution < -0.4 is 29.7 Å². The normalized spacial score (nSPS) is 14.4. The van der Waals surface area contributed by atoms with E-state index in [2.05, 4.69) is 43.8 Å². The number of nitrogens with zero attached hydrogens (tertiary/aromatic N) is 2. The van der Waals surface area contributed by atoms with Gasteiger partial charge in [0.1, 0.15) is 18.1 Å². The predicted molar refractivity (Wildman–Crippen MR) is 204 cm³/mol. The summed E-state index contributed by atoms with van der Waals surface area (Å²) in [7, 11) is 0. The summed E-state index contributed by atoms with van der Waals surface area (Å²) in [5.74, 6) is 0.952. The molecule has 0 unspecified atom stereocenters. The SMILES string of the molecule is CCOc1ccc([C@@H]2C(C(=O)Nc3ccccc3)=C(C)N=c3s/c(=C\c4cc(Br)cc(I)c4OCc4ccc(Cl)cc4Cl)c(=O)n32)cc1. The van der Waals surface area contributed by atoms with Crippen LogP contribution in [0.25, 0.3) is 6.08 Å². The van der Waals surface area contributed by atoms with Gasteiger partial charge < -0.3 is 14.8 Å². The fourth-order valence-electron chi connectivity index (χ4n) is 5.33. The van der Waals surface area contributed by atoms with Gasteiger partial charge in [0.2, 0.25) is 0 Å². The van der Waals surface area contributed by atoms with Gasteiger partial charge in [-0.2, -0.15) is 0 Å². The van der Waals surface area contributed by atoms with Crippen molar-refractivity contribution >= 4 is 90.7 Å². The molecule has 1 N–H and O–H groups in total. The van der Waals surface area contributed by atoms with Crippen molar-refractivity contribution in [3.8, 4) is 11.5 Å². The quantitative estimate of drug-likeness (QED) is 0.151. The molecule has 1 aromatic heterocycles. The maximum atomic E-state index is 14.4. The van der Waals surface area contributed by atoms with Crippen molar-refractivity contribution in [3.63, 3.8) is 0 Å². The molecular weight excluding hydrogens is 848 g/mol. The minimum absolute atomic E-state index is 0.201. The van der Waals surface area contributed by atoms with Crippen molar-refractivity contribution in [2.75, 3.05) is 11.9 Å². The lowest BCUT2D eigenvalue weighted by molar-refractivity contribution is -0.113. The monoisotopic (exact) mass is 873 g/mol. The Bertz CT molecular complexity index is 2240. The Morgan fingerprint density at radius 3 is 2.52 bits per heavy atom. The molecule has 1 aliphatic heterocycles. The number of rotatable bonds is 9. The van der Waals surface area contributed by atoms with Crippen molar-refractivity contribution in [1.82, 2.24) is 4.57 Å². The van der Waals surface area contributed by atoms with E-state index in [1.807, 2.05) is 79.7 Å². The van der Waals surface area contributed by atoms with Gasteiger partial charge in [-0.25, -0.2) is 4.99 Å². The van der Waals surface area contributed by atoms with Gasteiger partial charge in [0.05, 0.1) is 32.0 Å². The number of halogens is 4. The topological polar surface area (TPSA) is 81.9 Å². The third-order valence-electron chi connectivity index (χ3n) is 7.52. The smallest absolute Gasteiger partial charge is 0.271 e. The van der Waals surface area contributed by atoms with Crippen molar-refractivity contribution in [3.05, 3.63) is 151 Å². The van der Waals surface area contributed by atoms with E-state index >= 15 is 0 Å². The summed E-state index contributed by atoms with van der Waals surface area (Å²) in [6, 6.07) is 25.0. The fraction of sp³-hybridized carbons (Fsp3) is 0.139. The average molecular weight is 875 g/mol. The molecule has 48 heavy (non-hydrogen) atoms. The van der Waals surface area contributed by atoms with Crippen molar-refractivity contribution in [2.24, 2.45) is 4.99 Å². The number of hydrogen-bond donors (Lipinski definition) is 1. The maximum absolute atomic E-state index is 14.4. The van der Waals surface area contributed by atoms with Crippen LogP contribution in [0.15, 0.2) is 110 Å². The molecule has 1 atom stereocenters. The second-order valence-corrected chi connectivity index (χ2v) is 14.7. The van der Waals surface area contributed by atoms with Crippen molar-refractivity contribution in [1.29, 1.82) is 0 Å². The van der Waals surface area contributed by atoms with Crippen LogP contribution in [0.2, 0.25) is 10.0 Å². The first-order chi connectivity index (χ1) is 23.1. The third-order valence-corrected chi connectivity index (χ3v) is 10.3. The summed E-state index contributed by atoms with van der Waals surface area (Å²) < 4.78 is 15.7. The van der Waals surface area contributed by atoms with Crippen LogP contribution >= 0.6 is 73.1 Å². The molecule has 0 spiro atoms. The zero-order valence-electron chi connectivity index (χ0n) is 25.6. The Labute approximate surface area is 312 Å². The van der Waals surface area contributed by atoms with Gasteiger partial charge in [-0.3, -0.25) is 14.2 Å². The Hall–Kier alpha value is -3.42. The summed E-state index contributed by atoms with van der Waals surface area (Å²) in [5, 5.41) is 4.02. The van der Waals surface area contributed by atoms with Gasteiger partial charge in [-0.15, -0.1) is 0 Å². The number of aromatic nitrogens is 1. The van der Waals surface area contributed by atoms with Gasteiger partial charge in [0.15, 0.2) is 4.80 Å². The number of fused-ring (bicyclic) bond motifs is 1. The molecule has 12 heteroatoms. The summed E-state index contributed by atoms with van der Waals surface area (Å²) in [6.45, 7) is 4.43. The van der Waals surface area contributed by atoms with Gasteiger partial charge in [-0.05, 0) is 96.6 Å². The number of ether oxygens (including phenoxy) is 2. The number of carbonyl (C=O) groups excluding carboxylic acids is 1. The molecule has 2 heterocycles. The van der Waals surface area contributed by atoms with Crippen molar-refractivity contribution in [2.45, 2.75) is 26.5 Å². The summed E-state index contributed by atoms with van der Waals surface area (Å²) in [6.07, 6.45) is 1.80. The molecule has 244 valence electrons. The number of para-hydroxylation sites is 1. The molecule has 7 nitrogen and oxygen atoms in total. The zero-order chi connectivity index (χ0) is 33.9. The third kappa shape index (κ3) is 7.42. The van der Waals surface area contributed by atoms with E-state index in [-0.39, 0.29) is 18.1 Å². The van der Waals surface area contributed by atoms with E-state index in [4.69, 9.17) is 37.7 Å². The highest BCUT2D eigenvalue weighted by atomic mass is 127. The van der Waals surface area contributed by atoms with E-state index in [1.54, 1.807) is 29.7 Å². The highest BCUT2D eigenvalue weighted by Crippen LogP contribution is 2.34. The van der Waals surface area contributed by atoms with Crippen molar-refractivity contribution < 1.29 is 14.3 Å². The first-order valence-corrected chi connectivity index (χ1v) is 18.2. The largest absolute Gasteiger partial charge is 0.494 e. The molecule has 0 fully saturated rings. The fourth-order valence-corrected chi connectivity index (χ4v) is 8.54. The summed E-state index contributed by atoms with van der Waals surface area (Å²) in [4.78, 5) is 33.5. The minimum Gasteiger partial charge on any atom is -0.494 e. The molecule has 1 amide bonds. The van der Waals surface area contributed by atoms with E-state index in [0.717, 1.165) is 19.2 Å². The Balaban J connectivity index is 1.45. The van der Waals surface area contributed by atoms with E-state index in [0.29, 0.717) is 60.0 Å². The van der Waals surface area contributed by atoms with Gasteiger partial charge in [0.25, 0.3) is 11.5 Å². The maximum Gasteiger partial charge on any atom is 0.271 e. The van der Waals surface area contributed by atoms with Gasteiger partial charge in [0, 0.05) is 31.3 Å². The number of hydrogen-bond acceptors (Lipinski definition) is 6. The number of carbonyl (C=O) groups is 1. The predicted octanol–water partition coefficient (Wildman–Crippen LogP) is 8.53. The number of benzene rings is 4. The zero-order valence-corrected chi connectivity index (χ0v) is 31.7. The molecule has 0 bridgehead atoms. The second-order valence-electron chi connectivity index (χ2n) is 10.7. The molecule has 4 aromatic carbocycles. The molecule has 0 saturated heterocycles. The number of allylic oxidation sites excluding steroid dienone is 1.